The topological polar surface area (TPSA) is 107 Å². The van der Waals surface area contributed by atoms with Crippen LogP contribution in [0, 0.1) is 6.92 Å². The van der Waals surface area contributed by atoms with Crippen LogP contribution in [0.1, 0.15) is 62.8 Å². The van der Waals surface area contributed by atoms with Crippen molar-refractivity contribution in [1.29, 1.82) is 0 Å². The maximum Gasteiger partial charge on any atom is 0.418 e. The number of hydrogen-bond acceptors (Lipinski definition) is 8. The summed E-state index contributed by atoms with van der Waals surface area (Å²) in [4.78, 5) is 16.4. The monoisotopic (exact) mass is 634 g/mol. The number of nitrogens with zero attached hydrogens (tertiary/aromatic N) is 4. The molecule has 1 aliphatic carbocycles. The number of rotatable bonds is 8. The SMILES string of the molecule is COc1ccc(Cc2nc(C3CCc4c(ncnc4N4CCNCC4)C3)c(C(F)(F)F)c(C)c2Cc2ccc(OC)cc2)cc1.N. The zero-order valence-electron chi connectivity index (χ0n) is 26.6. The lowest BCUT2D eigenvalue weighted by molar-refractivity contribution is -0.139. The van der Waals surface area contributed by atoms with E-state index < -0.39 is 17.7 Å². The molecule has 1 aliphatic heterocycles. The molecule has 4 N–H and O–H groups in total. The van der Waals surface area contributed by atoms with Crippen molar-refractivity contribution in [1.82, 2.24) is 26.4 Å². The maximum absolute atomic E-state index is 15.0. The first-order valence-corrected chi connectivity index (χ1v) is 15.4. The summed E-state index contributed by atoms with van der Waals surface area (Å²) in [7, 11) is 3.20. The molecule has 11 heteroatoms. The van der Waals surface area contributed by atoms with E-state index >= 15 is 13.2 Å². The van der Waals surface area contributed by atoms with Crippen LogP contribution in [-0.4, -0.2) is 55.4 Å². The Morgan fingerprint density at radius 2 is 1.50 bits per heavy atom. The molecule has 1 saturated heterocycles. The van der Waals surface area contributed by atoms with Crippen LogP contribution in [0.15, 0.2) is 54.9 Å². The van der Waals surface area contributed by atoms with Gasteiger partial charge < -0.3 is 25.8 Å². The van der Waals surface area contributed by atoms with Crippen molar-refractivity contribution in [3.63, 3.8) is 0 Å². The number of aromatic nitrogens is 3. The van der Waals surface area contributed by atoms with E-state index in [0.717, 1.165) is 60.1 Å². The number of nitrogens with one attached hydrogen (secondary N) is 1. The second-order valence-corrected chi connectivity index (χ2v) is 11.8. The van der Waals surface area contributed by atoms with Gasteiger partial charge in [0.25, 0.3) is 0 Å². The Hall–Kier alpha value is -4.22. The van der Waals surface area contributed by atoms with Crippen molar-refractivity contribution in [2.75, 3.05) is 45.3 Å². The molecule has 46 heavy (non-hydrogen) atoms. The Labute approximate surface area is 268 Å². The van der Waals surface area contributed by atoms with Gasteiger partial charge in [0.1, 0.15) is 23.6 Å². The molecule has 244 valence electrons. The molecule has 1 fully saturated rings. The van der Waals surface area contributed by atoms with Gasteiger partial charge in [-0.15, -0.1) is 0 Å². The van der Waals surface area contributed by atoms with E-state index in [1.165, 1.54) is 0 Å². The molecule has 0 bridgehead atoms. The molecule has 4 aromatic rings. The lowest BCUT2D eigenvalue weighted by Gasteiger charge is -2.33. The van der Waals surface area contributed by atoms with Crippen molar-refractivity contribution >= 4 is 5.82 Å². The van der Waals surface area contributed by atoms with E-state index in [-0.39, 0.29) is 17.4 Å². The molecule has 3 heterocycles. The first kappa shape index (κ1) is 33.2. The van der Waals surface area contributed by atoms with Crippen molar-refractivity contribution in [3.8, 4) is 11.5 Å². The number of ether oxygens (including phenoxy) is 2. The number of anilines is 1. The van der Waals surface area contributed by atoms with Crippen molar-refractivity contribution < 1.29 is 22.6 Å². The van der Waals surface area contributed by atoms with Gasteiger partial charge in [0.05, 0.1) is 25.5 Å². The van der Waals surface area contributed by atoms with Crippen LogP contribution in [0.3, 0.4) is 0 Å². The Balaban J connectivity index is 0.00000417. The number of halogens is 3. The van der Waals surface area contributed by atoms with Gasteiger partial charge in [0, 0.05) is 55.5 Å². The van der Waals surface area contributed by atoms with Crippen LogP contribution in [-0.2, 0) is 31.9 Å². The summed E-state index contributed by atoms with van der Waals surface area (Å²) in [5, 5.41) is 3.36. The molecule has 1 atom stereocenters. The van der Waals surface area contributed by atoms with Gasteiger partial charge in [-0.3, -0.25) is 4.98 Å². The van der Waals surface area contributed by atoms with Crippen molar-refractivity contribution in [2.24, 2.45) is 0 Å². The molecule has 0 radical (unpaired) electrons. The second-order valence-electron chi connectivity index (χ2n) is 11.8. The fourth-order valence-electron chi connectivity index (χ4n) is 6.65. The molecular formula is C35H41F3N6O2. The first-order valence-electron chi connectivity index (χ1n) is 15.4. The summed E-state index contributed by atoms with van der Waals surface area (Å²) < 4.78 is 55.7. The minimum absolute atomic E-state index is 0. The molecule has 0 amide bonds. The van der Waals surface area contributed by atoms with Gasteiger partial charge in [0.15, 0.2) is 0 Å². The minimum Gasteiger partial charge on any atom is -0.497 e. The highest BCUT2D eigenvalue weighted by molar-refractivity contribution is 5.52. The van der Waals surface area contributed by atoms with E-state index in [1.807, 2.05) is 48.5 Å². The second kappa shape index (κ2) is 14.0. The molecule has 0 spiro atoms. The molecular weight excluding hydrogens is 593 g/mol. The third-order valence-electron chi connectivity index (χ3n) is 9.04. The Morgan fingerprint density at radius 1 is 0.891 bits per heavy atom. The van der Waals surface area contributed by atoms with Crippen LogP contribution < -0.4 is 25.8 Å². The minimum atomic E-state index is -4.56. The highest BCUT2D eigenvalue weighted by Gasteiger charge is 2.41. The smallest absolute Gasteiger partial charge is 0.418 e. The quantitative estimate of drug-likeness (QED) is 0.235. The number of hydrogen-bond donors (Lipinski definition) is 2. The summed E-state index contributed by atoms with van der Waals surface area (Å²) in [5.74, 6) is 1.91. The number of methoxy groups -OCH3 is 2. The van der Waals surface area contributed by atoms with Crippen molar-refractivity contribution in [3.05, 3.63) is 105 Å². The fourth-order valence-corrected chi connectivity index (χ4v) is 6.65. The molecule has 1 unspecified atom stereocenters. The summed E-state index contributed by atoms with van der Waals surface area (Å²) in [6.45, 7) is 5.04. The van der Waals surface area contributed by atoms with E-state index in [2.05, 4.69) is 20.2 Å². The Morgan fingerprint density at radius 3 is 2.09 bits per heavy atom. The summed E-state index contributed by atoms with van der Waals surface area (Å²) in [5.41, 5.74) is 4.72. The average Bonchev–Trinajstić information content (AvgIpc) is 3.06. The number of benzene rings is 2. The first-order chi connectivity index (χ1) is 21.7. The third-order valence-corrected chi connectivity index (χ3v) is 9.04. The van der Waals surface area contributed by atoms with Gasteiger partial charge in [-0.25, -0.2) is 9.97 Å². The largest absolute Gasteiger partial charge is 0.497 e. The standard InChI is InChI=1S/C35H38F3N5O2.H3N/c1-22-29(18-23-4-9-26(44-2)10-5-23)31(19-24-6-11-27(45-3)12-7-24)42-33(32(22)35(36,37)38)25-8-13-28-30(20-25)40-21-41-34(28)43-16-14-39-15-17-43;/h4-7,9-12,21,25,39H,8,13-20H2,1-3H3;1H3. The van der Waals surface area contributed by atoms with Crippen LogP contribution in [0.4, 0.5) is 19.0 Å². The van der Waals surface area contributed by atoms with E-state index in [0.29, 0.717) is 49.1 Å². The molecule has 0 saturated carbocycles. The van der Waals surface area contributed by atoms with Gasteiger partial charge in [0.2, 0.25) is 0 Å². The zero-order valence-corrected chi connectivity index (χ0v) is 26.6. The van der Waals surface area contributed by atoms with Crippen LogP contribution in [0.2, 0.25) is 0 Å². The fraction of sp³-hybridized carbons (Fsp3) is 0.400. The number of pyridine rings is 1. The maximum atomic E-state index is 15.0. The normalized spacial score (nSPS) is 16.4. The van der Waals surface area contributed by atoms with Gasteiger partial charge in [-0.2, -0.15) is 13.2 Å². The van der Waals surface area contributed by atoms with E-state index in [4.69, 9.17) is 14.5 Å². The number of fused-ring (bicyclic) bond motifs is 1. The van der Waals surface area contributed by atoms with Crippen molar-refractivity contribution in [2.45, 2.75) is 51.1 Å². The average molecular weight is 635 g/mol. The van der Waals surface area contributed by atoms with E-state index in [9.17, 15) is 0 Å². The molecule has 2 aromatic carbocycles. The lowest BCUT2D eigenvalue weighted by atomic mass is 9.81. The Bertz CT molecular complexity index is 1640. The van der Waals surface area contributed by atoms with E-state index in [1.54, 1.807) is 27.5 Å². The molecule has 2 aromatic heterocycles. The summed E-state index contributed by atoms with van der Waals surface area (Å²) >= 11 is 0. The predicted octanol–water partition coefficient (Wildman–Crippen LogP) is 6.24. The number of piperazine rings is 1. The lowest BCUT2D eigenvalue weighted by Crippen LogP contribution is -2.44. The van der Waals surface area contributed by atoms with Gasteiger partial charge in [-0.05, 0) is 79.1 Å². The van der Waals surface area contributed by atoms with Crippen LogP contribution in [0.25, 0.3) is 0 Å². The Kier molecular flexibility index (Phi) is 10.1. The number of alkyl halides is 3. The zero-order chi connectivity index (χ0) is 31.6. The highest BCUT2D eigenvalue weighted by atomic mass is 19.4. The summed E-state index contributed by atoms with van der Waals surface area (Å²) in [6, 6.07) is 15.1. The van der Waals surface area contributed by atoms with Gasteiger partial charge in [-0.1, -0.05) is 24.3 Å². The highest BCUT2D eigenvalue weighted by Crippen LogP contribution is 2.43. The third kappa shape index (κ3) is 6.95. The predicted molar refractivity (Wildman–Crippen MR) is 172 cm³/mol. The van der Waals surface area contributed by atoms with Crippen LogP contribution >= 0.6 is 0 Å². The van der Waals surface area contributed by atoms with Crippen LogP contribution in [0.5, 0.6) is 11.5 Å². The molecule has 6 rings (SSSR count). The molecule has 8 nitrogen and oxygen atoms in total. The summed E-state index contributed by atoms with van der Waals surface area (Å²) in [6.07, 6.45) is -0.722. The molecule has 2 aliphatic rings. The van der Waals surface area contributed by atoms with Gasteiger partial charge >= 0.3 is 6.18 Å².